The Morgan fingerprint density at radius 2 is 1.84 bits per heavy atom. The Labute approximate surface area is 152 Å². The number of rotatable bonds is 10. The zero-order valence-corrected chi connectivity index (χ0v) is 16.3. The average Bonchev–Trinajstić information content (AvgIpc) is 3.06. The van der Waals surface area contributed by atoms with Crippen LogP contribution in [0.25, 0.3) is 11.3 Å². The Balaban J connectivity index is 1.99. The van der Waals surface area contributed by atoms with Gasteiger partial charge in [0.2, 0.25) is 0 Å². The Morgan fingerprint density at radius 1 is 1.12 bits per heavy atom. The number of nitrogens with zero attached hydrogens (tertiary/aromatic N) is 3. The van der Waals surface area contributed by atoms with Crippen molar-refractivity contribution in [2.75, 3.05) is 40.8 Å². The van der Waals surface area contributed by atoms with E-state index in [9.17, 15) is 0 Å². The summed E-state index contributed by atoms with van der Waals surface area (Å²) in [6.07, 6.45) is 3.09. The number of aromatic nitrogens is 2. The van der Waals surface area contributed by atoms with E-state index in [1.165, 1.54) is 16.7 Å². The number of hydrogen-bond donors (Lipinski definition) is 2. The zero-order valence-electron chi connectivity index (χ0n) is 16.3. The molecule has 0 bridgehead atoms. The third-order valence-corrected chi connectivity index (χ3v) is 4.77. The minimum atomic E-state index is 0.589. The van der Waals surface area contributed by atoms with Crippen LogP contribution in [0.2, 0.25) is 0 Å². The smallest absolute Gasteiger partial charge is 0.0965 e. The predicted octanol–water partition coefficient (Wildman–Crippen LogP) is 2.61. The molecular weight excluding hydrogens is 310 g/mol. The number of aromatic amines is 1. The van der Waals surface area contributed by atoms with E-state index in [0.717, 1.165) is 38.3 Å². The van der Waals surface area contributed by atoms with Gasteiger partial charge in [-0.2, -0.15) is 5.10 Å². The molecule has 0 amide bonds. The molecule has 1 aromatic heterocycles. The van der Waals surface area contributed by atoms with Crippen LogP contribution in [0, 0.1) is 0 Å². The molecule has 1 aromatic carbocycles. The zero-order chi connectivity index (χ0) is 18.2. The third kappa shape index (κ3) is 5.96. The van der Waals surface area contributed by atoms with Gasteiger partial charge in [0.05, 0.1) is 5.69 Å². The maximum absolute atomic E-state index is 4.47. The number of hydrogen-bond acceptors (Lipinski definition) is 4. The molecule has 0 radical (unpaired) electrons. The van der Waals surface area contributed by atoms with Crippen LogP contribution >= 0.6 is 0 Å². The summed E-state index contributed by atoms with van der Waals surface area (Å²) >= 11 is 0. The Bertz CT molecular complexity index is 617. The van der Waals surface area contributed by atoms with Gasteiger partial charge in [0, 0.05) is 49.5 Å². The van der Waals surface area contributed by atoms with E-state index in [-0.39, 0.29) is 0 Å². The van der Waals surface area contributed by atoms with E-state index in [1.807, 2.05) is 13.2 Å². The van der Waals surface area contributed by atoms with Crippen molar-refractivity contribution in [3.8, 4) is 11.3 Å². The molecule has 0 unspecified atom stereocenters. The lowest BCUT2D eigenvalue weighted by atomic mass is 10.0. The SMILES string of the molecule is CNCCN(C)Cc1c[nH]nc1-c1ccc(CCN(C)C(C)C)cc1. The first kappa shape index (κ1) is 19.6. The third-order valence-electron chi connectivity index (χ3n) is 4.77. The van der Waals surface area contributed by atoms with Crippen LogP contribution in [0.1, 0.15) is 25.0 Å². The summed E-state index contributed by atoms with van der Waals surface area (Å²) in [6.45, 7) is 8.45. The molecule has 0 saturated carbocycles. The van der Waals surface area contributed by atoms with Crippen molar-refractivity contribution in [2.24, 2.45) is 0 Å². The van der Waals surface area contributed by atoms with Crippen molar-refractivity contribution in [1.82, 2.24) is 25.3 Å². The molecule has 2 aromatic rings. The Morgan fingerprint density at radius 3 is 2.48 bits per heavy atom. The van der Waals surface area contributed by atoms with Crippen LogP contribution in [0.15, 0.2) is 30.5 Å². The molecule has 0 aliphatic carbocycles. The molecule has 2 rings (SSSR count). The molecule has 5 heteroatoms. The highest BCUT2D eigenvalue weighted by Gasteiger charge is 2.11. The van der Waals surface area contributed by atoms with E-state index in [2.05, 4.69) is 77.5 Å². The largest absolute Gasteiger partial charge is 0.318 e. The Hall–Kier alpha value is -1.69. The van der Waals surface area contributed by atoms with Crippen molar-refractivity contribution >= 4 is 0 Å². The average molecular weight is 344 g/mol. The monoisotopic (exact) mass is 343 g/mol. The van der Waals surface area contributed by atoms with Crippen molar-refractivity contribution in [3.05, 3.63) is 41.6 Å². The first-order valence-corrected chi connectivity index (χ1v) is 9.16. The van der Waals surface area contributed by atoms with Gasteiger partial charge in [0.15, 0.2) is 0 Å². The summed E-state index contributed by atoms with van der Waals surface area (Å²) < 4.78 is 0. The quantitative estimate of drug-likeness (QED) is 0.696. The van der Waals surface area contributed by atoms with Gasteiger partial charge in [-0.25, -0.2) is 0 Å². The lowest BCUT2D eigenvalue weighted by molar-refractivity contribution is 0.277. The van der Waals surface area contributed by atoms with Crippen molar-refractivity contribution < 1.29 is 0 Å². The standard InChI is InChI=1S/C20H33N5/c1-16(2)25(5)12-10-17-6-8-18(9-7-17)20-19(14-22-23-20)15-24(4)13-11-21-3/h6-9,14,16,21H,10-13,15H2,1-5H3,(H,22,23). The van der Waals surface area contributed by atoms with Crippen LogP contribution in [0.3, 0.4) is 0 Å². The summed E-state index contributed by atoms with van der Waals surface area (Å²) in [5, 5.41) is 10.7. The summed E-state index contributed by atoms with van der Waals surface area (Å²) in [5.41, 5.74) is 4.85. The van der Waals surface area contributed by atoms with Crippen molar-refractivity contribution in [2.45, 2.75) is 32.9 Å². The molecule has 0 aliphatic rings. The molecular formula is C20H33N5. The maximum atomic E-state index is 4.47. The molecule has 1 heterocycles. The second kappa shape index (κ2) is 9.70. The lowest BCUT2D eigenvalue weighted by Gasteiger charge is -2.20. The lowest BCUT2D eigenvalue weighted by Crippen LogP contribution is -2.28. The van der Waals surface area contributed by atoms with Gasteiger partial charge >= 0.3 is 0 Å². The van der Waals surface area contributed by atoms with Crippen LogP contribution in [-0.4, -0.2) is 66.8 Å². The van der Waals surface area contributed by atoms with Crippen molar-refractivity contribution in [1.29, 1.82) is 0 Å². The highest BCUT2D eigenvalue weighted by molar-refractivity contribution is 5.62. The molecule has 0 saturated heterocycles. The second-order valence-corrected chi connectivity index (χ2v) is 7.12. The molecule has 0 aliphatic heterocycles. The highest BCUT2D eigenvalue weighted by atomic mass is 15.1. The molecule has 5 nitrogen and oxygen atoms in total. The Kier molecular flexibility index (Phi) is 7.62. The van der Waals surface area contributed by atoms with Gasteiger partial charge in [0.25, 0.3) is 0 Å². The minimum absolute atomic E-state index is 0.589. The predicted molar refractivity (Wildman–Crippen MR) is 106 cm³/mol. The molecule has 2 N–H and O–H groups in total. The second-order valence-electron chi connectivity index (χ2n) is 7.12. The molecule has 25 heavy (non-hydrogen) atoms. The van der Waals surface area contributed by atoms with Crippen LogP contribution in [0.5, 0.6) is 0 Å². The number of H-pyrrole nitrogens is 1. The van der Waals surface area contributed by atoms with Gasteiger partial charge in [-0.15, -0.1) is 0 Å². The van der Waals surface area contributed by atoms with Crippen molar-refractivity contribution in [3.63, 3.8) is 0 Å². The van der Waals surface area contributed by atoms with Crippen LogP contribution < -0.4 is 5.32 Å². The summed E-state index contributed by atoms with van der Waals surface area (Å²) in [6, 6.07) is 9.43. The fourth-order valence-electron chi connectivity index (χ4n) is 2.75. The van der Waals surface area contributed by atoms with Gasteiger partial charge in [-0.3, -0.25) is 5.10 Å². The first-order chi connectivity index (χ1) is 12.0. The van der Waals surface area contributed by atoms with Crippen LogP contribution in [0.4, 0.5) is 0 Å². The summed E-state index contributed by atoms with van der Waals surface area (Å²) in [4.78, 5) is 4.68. The van der Waals surface area contributed by atoms with E-state index in [0.29, 0.717) is 6.04 Å². The number of benzene rings is 1. The van der Waals surface area contributed by atoms with Gasteiger partial charge < -0.3 is 15.1 Å². The molecule has 0 fully saturated rings. The fourth-order valence-corrected chi connectivity index (χ4v) is 2.75. The molecule has 138 valence electrons. The van der Waals surface area contributed by atoms with Gasteiger partial charge in [-0.05, 0) is 47.0 Å². The van der Waals surface area contributed by atoms with E-state index in [1.54, 1.807) is 0 Å². The molecule has 0 atom stereocenters. The van der Waals surface area contributed by atoms with E-state index in [4.69, 9.17) is 0 Å². The van der Waals surface area contributed by atoms with Gasteiger partial charge in [0.1, 0.15) is 0 Å². The fraction of sp³-hybridized carbons (Fsp3) is 0.550. The number of likely N-dealkylation sites (N-methyl/N-ethyl adjacent to an activating group) is 3. The molecule has 0 spiro atoms. The number of nitrogens with one attached hydrogen (secondary N) is 2. The van der Waals surface area contributed by atoms with Gasteiger partial charge in [-0.1, -0.05) is 24.3 Å². The normalized spacial score (nSPS) is 11.8. The maximum Gasteiger partial charge on any atom is 0.0965 e. The highest BCUT2D eigenvalue weighted by Crippen LogP contribution is 2.22. The van der Waals surface area contributed by atoms with E-state index >= 15 is 0 Å². The summed E-state index contributed by atoms with van der Waals surface area (Å²) in [5.74, 6) is 0. The topological polar surface area (TPSA) is 47.2 Å². The van der Waals surface area contributed by atoms with E-state index < -0.39 is 0 Å². The minimum Gasteiger partial charge on any atom is -0.318 e. The first-order valence-electron chi connectivity index (χ1n) is 9.16. The van der Waals surface area contributed by atoms with Crippen LogP contribution in [-0.2, 0) is 13.0 Å². The summed E-state index contributed by atoms with van der Waals surface area (Å²) in [7, 11) is 6.31.